The van der Waals surface area contributed by atoms with Gasteiger partial charge in [0.2, 0.25) is 5.91 Å². The maximum Gasteiger partial charge on any atom is 0.261 e. The Bertz CT molecular complexity index is 1030. The Balaban J connectivity index is 1.81. The molecule has 0 aliphatic carbocycles. The molecule has 5 nitrogen and oxygen atoms in total. The van der Waals surface area contributed by atoms with Gasteiger partial charge in [0.15, 0.2) is 6.61 Å². The smallest absolute Gasteiger partial charge is 0.261 e. The SMILES string of the molecule is CC[C@H](C)NC(=O)[C@H](CC)N(Cc1ccccc1)C(=O)COc1cccc2ccccc12. The van der Waals surface area contributed by atoms with Gasteiger partial charge in [-0.25, -0.2) is 0 Å². The molecule has 3 aromatic rings. The van der Waals surface area contributed by atoms with Crippen LogP contribution in [0.15, 0.2) is 72.8 Å². The van der Waals surface area contributed by atoms with Crippen LogP contribution in [-0.4, -0.2) is 35.4 Å². The van der Waals surface area contributed by atoms with Crippen LogP contribution in [0.4, 0.5) is 0 Å². The van der Waals surface area contributed by atoms with Crippen molar-refractivity contribution < 1.29 is 14.3 Å². The van der Waals surface area contributed by atoms with Crippen molar-refractivity contribution >= 4 is 22.6 Å². The Morgan fingerprint density at radius 2 is 1.59 bits per heavy atom. The molecule has 0 bridgehead atoms. The molecule has 0 aromatic heterocycles. The number of carbonyl (C=O) groups excluding carboxylic acids is 2. The van der Waals surface area contributed by atoms with E-state index in [0.717, 1.165) is 22.8 Å². The molecule has 32 heavy (non-hydrogen) atoms. The minimum absolute atomic E-state index is 0.0529. The summed E-state index contributed by atoms with van der Waals surface area (Å²) in [6, 6.07) is 22.9. The van der Waals surface area contributed by atoms with E-state index in [1.165, 1.54) is 0 Å². The zero-order valence-electron chi connectivity index (χ0n) is 19.1. The van der Waals surface area contributed by atoms with Crippen LogP contribution in [0.5, 0.6) is 5.75 Å². The van der Waals surface area contributed by atoms with Crippen molar-refractivity contribution in [1.82, 2.24) is 10.2 Å². The first-order valence-electron chi connectivity index (χ1n) is 11.3. The zero-order chi connectivity index (χ0) is 22.9. The van der Waals surface area contributed by atoms with Gasteiger partial charge >= 0.3 is 0 Å². The average molecular weight is 433 g/mol. The van der Waals surface area contributed by atoms with Gasteiger partial charge in [0.1, 0.15) is 11.8 Å². The van der Waals surface area contributed by atoms with E-state index in [1.807, 2.05) is 93.6 Å². The molecular formula is C27H32N2O3. The highest BCUT2D eigenvalue weighted by atomic mass is 16.5. The van der Waals surface area contributed by atoms with Crippen LogP contribution in [0.1, 0.15) is 39.2 Å². The van der Waals surface area contributed by atoms with Gasteiger partial charge in [-0.15, -0.1) is 0 Å². The standard InChI is InChI=1S/C27H32N2O3/c1-4-20(3)28-27(31)24(5-2)29(18-21-12-7-6-8-13-21)26(30)19-32-25-17-11-15-22-14-9-10-16-23(22)25/h6-17,20,24H,4-5,18-19H2,1-3H3,(H,28,31)/t20-,24-/m0/s1. The minimum Gasteiger partial charge on any atom is -0.483 e. The molecule has 0 unspecified atom stereocenters. The molecule has 0 saturated carbocycles. The highest BCUT2D eigenvalue weighted by molar-refractivity contribution is 5.90. The average Bonchev–Trinajstić information content (AvgIpc) is 2.82. The van der Waals surface area contributed by atoms with Gasteiger partial charge < -0.3 is 15.0 Å². The Morgan fingerprint density at radius 3 is 2.31 bits per heavy atom. The van der Waals surface area contributed by atoms with E-state index in [2.05, 4.69) is 5.32 Å². The third-order valence-corrected chi connectivity index (χ3v) is 5.68. The lowest BCUT2D eigenvalue weighted by molar-refractivity contribution is -0.143. The van der Waals surface area contributed by atoms with Crippen LogP contribution in [0.3, 0.4) is 0 Å². The normalized spacial score (nSPS) is 12.7. The highest BCUT2D eigenvalue weighted by Crippen LogP contribution is 2.25. The monoisotopic (exact) mass is 432 g/mol. The number of hydrogen-bond acceptors (Lipinski definition) is 3. The molecule has 0 aliphatic heterocycles. The summed E-state index contributed by atoms with van der Waals surface area (Å²) in [4.78, 5) is 28.0. The fourth-order valence-electron chi connectivity index (χ4n) is 3.68. The quantitative estimate of drug-likeness (QED) is 0.494. The zero-order valence-corrected chi connectivity index (χ0v) is 19.1. The summed E-state index contributed by atoms with van der Waals surface area (Å²) in [6.45, 7) is 6.14. The van der Waals surface area contributed by atoms with Crippen LogP contribution < -0.4 is 10.1 Å². The van der Waals surface area contributed by atoms with Crippen LogP contribution >= 0.6 is 0 Å². The molecule has 168 valence electrons. The molecule has 0 fully saturated rings. The summed E-state index contributed by atoms with van der Waals surface area (Å²) < 4.78 is 5.95. The van der Waals surface area contributed by atoms with E-state index >= 15 is 0 Å². The number of hydrogen-bond donors (Lipinski definition) is 1. The predicted molar refractivity (Wildman–Crippen MR) is 128 cm³/mol. The Labute approximate surface area is 190 Å². The van der Waals surface area contributed by atoms with Crippen molar-refractivity contribution in [3.63, 3.8) is 0 Å². The van der Waals surface area contributed by atoms with E-state index in [1.54, 1.807) is 4.90 Å². The van der Waals surface area contributed by atoms with Crippen LogP contribution in [0.25, 0.3) is 10.8 Å². The highest BCUT2D eigenvalue weighted by Gasteiger charge is 2.29. The van der Waals surface area contributed by atoms with Crippen LogP contribution in [-0.2, 0) is 16.1 Å². The molecule has 0 heterocycles. The Morgan fingerprint density at radius 1 is 0.906 bits per heavy atom. The molecule has 0 aliphatic rings. The van der Waals surface area contributed by atoms with Gasteiger partial charge in [-0.1, -0.05) is 80.6 Å². The van der Waals surface area contributed by atoms with Crippen molar-refractivity contribution in [3.05, 3.63) is 78.4 Å². The van der Waals surface area contributed by atoms with Crippen LogP contribution in [0, 0.1) is 0 Å². The first-order chi connectivity index (χ1) is 15.5. The lowest BCUT2D eigenvalue weighted by Gasteiger charge is -2.31. The van der Waals surface area contributed by atoms with Crippen molar-refractivity contribution in [2.24, 2.45) is 0 Å². The molecule has 3 aromatic carbocycles. The van der Waals surface area contributed by atoms with Crippen molar-refractivity contribution in [2.45, 2.75) is 52.2 Å². The maximum absolute atomic E-state index is 13.3. The molecule has 2 atom stereocenters. The van der Waals surface area contributed by atoms with E-state index in [0.29, 0.717) is 18.7 Å². The van der Waals surface area contributed by atoms with Crippen molar-refractivity contribution in [2.75, 3.05) is 6.61 Å². The second kappa shape index (κ2) is 11.3. The topological polar surface area (TPSA) is 58.6 Å². The molecule has 0 spiro atoms. The number of fused-ring (bicyclic) bond motifs is 1. The second-order valence-electron chi connectivity index (χ2n) is 8.02. The molecule has 1 N–H and O–H groups in total. The lowest BCUT2D eigenvalue weighted by atomic mass is 10.1. The fourth-order valence-corrected chi connectivity index (χ4v) is 3.68. The summed E-state index contributed by atoms with van der Waals surface area (Å²) >= 11 is 0. The summed E-state index contributed by atoms with van der Waals surface area (Å²) in [5.74, 6) is 0.317. The Hall–Kier alpha value is -3.34. The number of nitrogens with zero attached hydrogens (tertiary/aromatic N) is 1. The number of carbonyl (C=O) groups is 2. The lowest BCUT2D eigenvalue weighted by Crippen LogP contribution is -2.51. The first-order valence-corrected chi connectivity index (χ1v) is 11.3. The van der Waals surface area contributed by atoms with Gasteiger partial charge in [0.25, 0.3) is 5.91 Å². The van der Waals surface area contributed by atoms with Gasteiger partial charge in [0, 0.05) is 18.0 Å². The van der Waals surface area contributed by atoms with E-state index in [9.17, 15) is 9.59 Å². The molecule has 5 heteroatoms. The molecule has 0 saturated heterocycles. The molecular weight excluding hydrogens is 400 g/mol. The van der Waals surface area contributed by atoms with Crippen molar-refractivity contribution in [3.8, 4) is 5.75 Å². The summed E-state index contributed by atoms with van der Waals surface area (Å²) in [7, 11) is 0. The van der Waals surface area contributed by atoms with Gasteiger partial charge in [-0.2, -0.15) is 0 Å². The predicted octanol–water partition coefficient (Wildman–Crippen LogP) is 4.94. The summed E-state index contributed by atoms with van der Waals surface area (Å²) in [5, 5.41) is 5.04. The van der Waals surface area contributed by atoms with E-state index in [4.69, 9.17) is 4.74 Å². The number of ether oxygens (including phenoxy) is 1. The van der Waals surface area contributed by atoms with E-state index < -0.39 is 6.04 Å². The number of rotatable bonds is 10. The van der Waals surface area contributed by atoms with Gasteiger partial charge in [-0.05, 0) is 36.8 Å². The number of amides is 2. The van der Waals surface area contributed by atoms with Gasteiger partial charge in [-0.3, -0.25) is 9.59 Å². The first kappa shape index (κ1) is 23.3. The second-order valence-corrected chi connectivity index (χ2v) is 8.02. The third-order valence-electron chi connectivity index (χ3n) is 5.68. The van der Waals surface area contributed by atoms with E-state index in [-0.39, 0.29) is 24.5 Å². The van der Waals surface area contributed by atoms with Gasteiger partial charge in [0.05, 0.1) is 0 Å². The number of nitrogens with one attached hydrogen (secondary N) is 1. The Kier molecular flexibility index (Phi) is 8.26. The van der Waals surface area contributed by atoms with Crippen molar-refractivity contribution in [1.29, 1.82) is 0 Å². The van der Waals surface area contributed by atoms with Crippen LogP contribution in [0.2, 0.25) is 0 Å². The molecule has 2 amide bonds. The fraction of sp³-hybridized carbons (Fsp3) is 0.333. The maximum atomic E-state index is 13.3. The molecule has 3 rings (SSSR count). The summed E-state index contributed by atoms with van der Waals surface area (Å²) in [6.07, 6.45) is 1.36. The molecule has 0 radical (unpaired) electrons. The third kappa shape index (κ3) is 5.88. The minimum atomic E-state index is -0.562. The summed E-state index contributed by atoms with van der Waals surface area (Å²) in [5.41, 5.74) is 0.973. The largest absolute Gasteiger partial charge is 0.483 e. The number of benzene rings is 3.